The minimum absolute atomic E-state index is 0.183. The van der Waals surface area contributed by atoms with E-state index in [1.165, 1.54) is 7.11 Å². The molecule has 0 bridgehead atoms. The van der Waals surface area contributed by atoms with Crippen LogP contribution in [-0.2, 0) is 14.4 Å². The molecule has 1 N–H and O–H groups in total. The van der Waals surface area contributed by atoms with Gasteiger partial charge in [0.05, 0.1) is 6.54 Å². The van der Waals surface area contributed by atoms with E-state index in [-0.39, 0.29) is 19.1 Å². The second kappa shape index (κ2) is 3.84. The van der Waals surface area contributed by atoms with Crippen LogP contribution in [0.2, 0.25) is 0 Å². The predicted molar refractivity (Wildman–Crippen MR) is 40.1 cm³/mol. The van der Waals surface area contributed by atoms with Crippen LogP contribution in [0.5, 0.6) is 0 Å². The molecule has 12 heavy (non-hydrogen) atoms. The summed E-state index contributed by atoms with van der Waals surface area (Å²) in [5, 5.41) is 10.2. The fourth-order valence-electron chi connectivity index (χ4n) is 0.930. The molecule has 0 saturated carbocycles. The summed E-state index contributed by atoms with van der Waals surface area (Å²) in [5.41, 5.74) is 0. The Morgan fingerprint density at radius 2 is 2.50 bits per heavy atom. The van der Waals surface area contributed by atoms with E-state index in [1.54, 1.807) is 6.92 Å². The quantitative estimate of drug-likeness (QED) is 0.594. The third-order valence-electron chi connectivity index (χ3n) is 1.75. The highest BCUT2D eigenvalue weighted by Gasteiger charge is 2.29. The van der Waals surface area contributed by atoms with Crippen molar-refractivity contribution in [1.82, 2.24) is 5.06 Å². The number of hydrogen-bond acceptors (Lipinski definition) is 4. The Bertz CT molecular complexity index is 173. The van der Waals surface area contributed by atoms with E-state index in [4.69, 9.17) is 14.7 Å². The van der Waals surface area contributed by atoms with Crippen LogP contribution in [0.3, 0.4) is 0 Å². The van der Waals surface area contributed by atoms with E-state index in [2.05, 4.69) is 0 Å². The average molecular weight is 175 g/mol. The number of β-amino-alcohol motifs (C(OH)–C–C–N with tert-alkyl or cyclic N) is 1. The van der Waals surface area contributed by atoms with Crippen molar-refractivity contribution >= 4 is 5.91 Å². The maximum absolute atomic E-state index is 11.3. The van der Waals surface area contributed by atoms with Crippen LogP contribution < -0.4 is 0 Å². The van der Waals surface area contributed by atoms with Crippen molar-refractivity contribution < 1.29 is 19.5 Å². The summed E-state index contributed by atoms with van der Waals surface area (Å²) in [5.74, 6) is -0.256. The lowest BCUT2D eigenvalue weighted by Gasteiger charge is -2.17. The van der Waals surface area contributed by atoms with Crippen molar-refractivity contribution in [2.24, 2.45) is 0 Å². The molecule has 1 amide bonds. The van der Waals surface area contributed by atoms with Gasteiger partial charge in [-0.3, -0.25) is 9.63 Å². The average Bonchev–Trinajstić information content (AvgIpc) is 2.49. The molecule has 1 saturated heterocycles. The molecule has 1 rings (SSSR count). The number of hydroxylamine groups is 2. The van der Waals surface area contributed by atoms with Gasteiger partial charge < -0.3 is 9.84 Å². The molecule has 0 radical (unpaired) electrons. The molecule has 1 aliphatic heterocycles. The molecular formula is C7H13NO4. The maximum Gasteiger partial charge on any atom is 0.274 e. The second-order valence-corrected chi connectivity index (χ2v) is 2.73. The second-order valence-electron chi connectivity index (χ2n) is 2.73. The van der Waals surface area contributed by atoms with Crippen LogP contribution in [0.1, 0.15) is 6.92 Å². The molecule has 2 atom stereocenters. The van der Waals surface area contributed by atoms with Gasteiger partial charge in [-0.1, -0.05) is 0 Å². The lowest BCUT2D eigenvalue weighted by molar-refractivity contribution is -0.178. The Kier molecular flexibility index (Phi) is 3.02. The van der Waals surface area contributed by atoms with Crippen molar-refractivity contribution in [3.8, 4) is 0 Å². The summed E-state index contributed by atoms with van der Waals surface area (Å²) in [6, 6.07) is 0. The van der Waals surface area contributed by atoms with E-state index in [9.17, 15) is 4.79 Å². The zero-order chi connectivity index (χ0) is 9.14. The number of aliphatic hydroxyl groups is 1. The van der Waals surface area contributed by atoms with Gasteiger partial charge in [0, 0.05) is 7.11 Å². The van der Waals surface area contributed by atoms with E-state index >= 15 is 0 Å². The van der Waals surface area contributed by atoms with Gasteiger partial charge in [-0.15, -0.1) is 0 Å². The smallest absolute Gasteiger partial charge is 0.274 e. The van der Waals surface area contributed by atoms with Gasteiger partial charge in [0.2, 0.25) is 0 Å². The molecule has 1 unspecified atom stereocenters. The first-order chi connectivity index (χ1) is 5.65. The van der Waals surface area contributed by atoms with Gasteiger partial charge >= 0.3 is 0 Å². The third kappa shape index (κ3) is 1.94. The van der Waals surface area contributed by atoms with Crippen LogP contribution in [0, 0.1) is 0 Å². The number of aliphatic hydroxyl groups excluding tert-OH is 1. The monoisotopic (exact) mass is 175 g/mol. The molecule has 0 aliphatic carbocycles. The topological polar surface area (TPSA) is 59.0 Å². The highest BCUT2D eigenvalue weighted by Crippen LogP contribution is 2.08. The maximum atomic E-state index is 11.3. The SMILES string of the molecule is COC(C)C(=O)N1C[C@H](O)CO1. The molecule has 5 nitrogen and oxygen atoms in total. The number of ether oxygens (including phenoxy) is 1. The fraction of sp³-hybridized carbons (Fsp3) is 0.857. The minimum Gasteiger partial charge on any atom is -0.389 e. The lowest BCUT2D eigenvalue weighted by atomic mass is 10.3. The van der Waals surface area contributed by atoms with E-state index in [0.29, 0.717) is 0 Å². The largest absolute Gasteiger partial charge is 0.389 e. The minimum atomic E-state index is -0.571. The molecule has 1 aliphatic rings. The number of carbonyl (C=O) groups is 1. The Balaban J connectivity index is 2.43. The van der Waals surface area contributed by atoms with Gasteiger partial charge in [-0.25, -0.2) is 5.06 Å². The van der Waals surface area contributed by atoms with Crippen molar-refractivity contribution in [1.29, 1.82) is 0 Å². The van der Waals surface area contributed by atoms with Crippen LogP contribution in [0.4, 0.5) is 0 Å². The molecule has 1 fully saturated rings. The van der Waals surface area contributed by atoms with Crippen LogP contribution in [0.25, 0.3) is 0 Å². The Morgan fingerprint density at radius 3 is 2.92 bits per heavy atom. The van der Waals surface area contributed by atoms with Gasteiger partial charge in [0.15, 0.2) is 0 Å². The Labute approximate surface area is 70.8 Å². The number of rotatable bonds is 2. The first-order valence-electron chi connectivity index (χ1n) is 3.80. The van der Waals surface area contributed by atoms with Crippen LogP contribution in [-0.4, -0.2) is 48.5 Å². The van der Waals surface area contributed by atoms with Crippen LogP contribution in [0.15, 0.2) is 0 Å². The Hall–Kier alpha value is -0.650. The van der Waals surface area contributed by atoms with Crippen molar-refractivity contribution in [2.45, 2.75) is 19.1 Å². The van der Waals surface area contributed by atoms with E-state index < -0.39 is 12.2 Å². The third-order valence-corrected chi connectivity index (χ3v) is 1.75. The van der Waals surface area contributed by atoms with Gasteiger partial charge in [-0.05, 0) is 6.92 Å². The van der Waals surface area contributed by atoms with E-state index in [1.807, 2.05) is 0 Å². The number of nitrogens with zero attached hydrogens (tertiary/aromatic N) is 1. The van der Waals surface area contributed by atoms with Crippen LogP contribution >= 0.6 is 0 Å². The first-order valence-corrected chi connectivity index (χ1v) is 3.80. The molecule has 0 aromatic heterocycles. The normalized spacial score (nSPS) is 25.9. The summed E-state index contributed by atoms with van der Waals surface area (Å²) >= 11 is 0. The molecule has 0 aromatic carbocycles. The highest BCUT2D eigenvalue weighted by atomic mass is 16.7. The van der Waals surface area contributed by atoms with Gasteiger partial charge in [0.25, 0.3) is 5.91 Å². The summed E-state index contributed by atoms with van der Waals surface area (Å²) in [4.78, 5) is 16.2. The standard InChI is InChI=1S/C7H13NO4/c1-5(11-2)7(10)8-3-6(9)4-12-8/h5-6,9H,3-4H2,1-2H3/t5?,6-/m0/s1. The summed E-state index contributed by atoms with van der Waals surface area (Å²) in [7, 11) is 1.45. The fourth-order valence-corrected chi connectivity index (χ4v) is 0.930. The van der Waals surface area contributed by atoms with Crippen molar-refractivity contribution in [3.05, 3.63) is 0 Å². The summed E-state index contributed by atoms with van der Waals surface area (Å²) in [6.07, 6.45) is -1.09. The Morgan fingerprint density at radius 1 is 1.83 bits per heavy atom. The van der Waals surface area contributed by atoms with Crippen molar-refractivity contribution in [2.75, 3.05) is 20.3 Å². The molecule has 0 aromatic rings. The van der Waals surface area contributed by atoms with Gasteiger partial charge in [0.1, 0.15) is 18.8 Å². The lowest BCUT2D eigenvalue weighted by Crippen LogP contribution is -2.36. The highest BCUT2D eigenvalue weighted by molar-refractivity contribution is 5.79. The van der Waals surface area contributed by atoms with Crippen molar-refractivity contribution in [3.63, 3.8) is 0 Å². The molecule has 5 heteroatoms. The molecular weight excluding hydrogens is 162 g/mol. The summed E-state index contributed by atoms with van der Waals surface area (Å²) < 4.78 is 4.81. The number of amides is 1. The number of hydrogen-bond donors (Lipinski definition) is 1. The number of methoxy groups -OCH3 is 1. The summed E-state index contributed by atoms with van der Waals surface area (Å²) in [6.45, 7) is 2.05. The first kappa shape index (κ1) is 9.44. The zero-order valence-corrected chi connectivity index (χ0v) is 7.19. The molecule has 1 heterocycles. The van der Waals surface area contributed by atoms with E-state index in [0.717, 1.165) is 5.06 Å². The zero-order valence-electron chi connectivity index (χ0n) is 7.19. The molecule has 70 valence electrons. The molecule has 0 spiro atoms. The predicted octanol–water partition coefficient (Wildman–Crippen LogP) is -0.844. The number of carbonyl (C=O) groups excluding carboxylic acids is 1. The van der Waals surface area contributed by atoms with Gasteiger partial charge in [-0.2, -0.15) is 0 Å².